The number of fused-ring (bicyclic) bond motifs is 2. The Kier molecular flexibility index (Phi) is 3.93. The van der Waals surface area contributed by atoms with Crippen molar-refractivity contribution < 1.29 is 0 Å². The maximum atomic E-state index is 3.80. The van der Waals surface area contributed by atoms with Crippen molar-refractivity contribution in [1.82, 2.24) is 5.32 Å². The Bertz CT molecular complexity index is 670. The van der Waals surface area contributed by atoms with Crippen LogP contribution in [0, 0.1) is 5.92 Å². The zero-order chi connectivity index (χ0) is 14.9. The summed E-state index contributed by atoms with van der Waals surface area (Å²) in [6.45, 7) is 1.07. The van der Waals surface area contributed by atoms with E-state index >= 15 is 0 Å². The van der Waals surface area contributed by atoms with E-state index in [0.29, 0.717) is 18.0 Å². The molecule has 114 valence electrons. The first-order valence-electron chi connectivity index (χ1n) is 8.10. The van der Waals surface area contributed by atoms with Gasteiger partial charge in [-0.1, -0.05) is 46.3 Å². The van der Waals surface area contributed by atoms with Crippen LogP contribution in [-0.4, -0.2) is 18.6 Å². The number of anilines is 1. The Morgan fingerprint density at radius 3 is 2.91 bits per heavy atom. The summed E-state index contributed by atoms with van der Waals surface area (Å²) in [5.74, 6) is 0.689. The van der Waals surface area contributed by atoms with Gasteiger partial charge < -0.3 is 10.6 Å². The quantitative estimate of drug-likeness (QED) is 0.849. The van der Waals surface area contributed by atoms with Gasteiger partial charge in [0.2, 0.25) is 0 Å². The SMILES string of the molecule is Brc1cccc(CC2CC3Cc4ccccc4NC2CN3)c1. The molecule has 0 amide bonds. The van der Waals surface area contributed by atoms with Gasteiger partial charge in [-0.25, -0.2) is 0 Å². The van der Waals surface area contributed by atoms with Gasteiger partial charge in [0, 0.05) is 28.8 Å². The van der Waals surface area contributed by atoms with Crippen LogP contribution < -0.4 is 10.6 Å². The van der Waals surface area contributed by atoms with Crippen LogP contribution in [0.3, 0.4) is 0 Å². The number of hydrogen-bond donors (Lipinski definition) is 2. The molecule has 2 aromatic carbocycles. The van der Waals surface area contributed by atoms with E-state index in [1.165, 1.54) is 27.7 Å². The molecule has 0 aliphatic carbocycles. The van der Waals surface area contributed by atoms with Crippen LogP contribution in [0.2, 0.25) is 0 Å². The summed E-state index contributed by atoms with van der Waals surface area (Å²) in [7, 11) is 0. The lowest BCUT2D eigenvalue weighted by molar-refractivity contribution is 0.270. The molecule has 2 nitrogen and oxygen atoms in total. The largest absolute Gasteiger partial charge is 0.381 e. The van der Waals surface area contributed by atoms with Crippen LogP contribution in [0.4, 0.5) is 5.69 Å². The average Bonchev–Trinajstić information content (AvgIpc) is 2.48. The molecule has 2 bridgehead atoms. The predicted molar refractivity (Wildman–Crippen MR) is 95.3 cm³/mol. The summed E-state index contributed by atoms with van der Waals surface area (Å²) in [5.41, 5.74) is 4.21. The lowest BCUT2D eigenvalue weighted by Gasteiger charge is -2.41. The molecule has 3 atom stereocenters. The summed E-state index contributed by atoms with van der Waals surface area (Å²) < 4.78 is 1.18. The molecular weight excluding hydrogens is 336 g/mol. The molecule has 3 aliphatic heterocycles. The minimum atomic E-state index is 0.511. The van der Waals surface area contributed by atoms with E-state index in [1.54, 1.807) is 0 Å². The van der Waals surface area contributed by atoms with Crippen LogP contribution in [0.15, 0.2) is 53.0 Å². The van der Waals surface area contributed by atoms with E-state index in [9.17, 15) is 0 Å². The highest BCUT2D eigenvalue weighted by Gasteiger charge is 2.33. The maximum Gasteiger partial charge on any atom is 0.0418 e. The highest BCUT2D eigenvalue weighted by molar-refractivity contribution is 9.10. The highest BCUT2D eigenvalue weighted by atomic mass is 79.9. The average molecular weight is 357 g/mol. The number of rotatable bonds is 2. The molecule has 22 heavy (non-hydrogen) atoms. The summed E-state index contributed by atoms with van der Waals surface area (Å²) in [4.78, 5) is 0. The zero-order valence-corrected chi connectivity index (χ0v) is 14.1. The second-order valence-corrected chi connectivity index (χ2v) is 7.46. The van der Waals surface area contributed by atoms with Crippen molar-refractivity contribution in [3.63, 3.8) is 0 Å². The fraction of sp³-hybridized carbons (Fsp3) is 0.368. The minimum Gasteiger partial charge on any atom is -0.381 e. The van der Waals surface area contributed by atoms with Crippen LogP contribution in [-0.2, 0) is 12.8 Å². The summed E-state index contributed by atoms with van der Waals surface area (Å²) in [6.07, 6.45) is 3.53. The van der Waals surface area contributed by atoms with E-state index in [2.05, 4.69) is 75.1 Å². The lowest BCUT2D eigenvalue weighted by atomic mass is 9.80. The number of para-hydroxylation sites is 1. The molecule has 0 radical (unpaired) electrons. The van der Waals surface area contributed by atoms with Crippen molar-refractivity contribution in [2.45, 2.75) is 31.3 Å². The Morgan fingerprint density at radius 1 is 1.09 bits per heavy atom. The minimum absolute atomic E-state index is 0.511. The normalized spacial score (nSPS) is 26.7. The third-order valence-electron chi connectivity index (χ3n) is 4.99. The lowest BCUT2D eigenvalue weighted by Crippen LogP contribution is -2.53. The first-order valence-corrected chi connectivity index (χ1v) is 8.89. The van der Waals surface area contributed by atoms with Crippen molar-refractivity contribution in [2.75, 3.05) is 11.9 Å². The van der Waals surface area contributed by atoms with Gasteiger partial charge >= 0.3 is 0 Å². The van der Waals surface area contributed by atoms with Crippen LogP contribution in [0.5, 0.6) is 0 Å². The Morgan fingerprint density at radius 2 is 2.00 bits per heavy atom. The van der Waals surface area contributed by atoms with E-state index in [1.807, 2.05) is 0 Å². The molecule has 3 heterocycles. The van der Waals surface area contributed by atoms with Gasteiger partial charge in [-0.05, 0) is 54.5 Å². The van der Waals surface area contributed by atoms with Gasteiger partial charge in [-0.3, -0.25) is 0 Å². The van der Waals surface area contributed by atoms with E-state index in [4.69, 9.17) is 0 Å². The molecule has 0 spiro atoms. The first kappa shape index (κ1) is 14.3. The van der Waals surface area contributed by atoms with Crippen molar-refractivity contribution in [3.05, 3.63) is 64.1 Å². The summed E-state index contributed by atoms with van der Waals surface area (Å²) in [6, 6.07) is 18.6. The Labute approximate surface area is 140 Å². The molecule has 2 N–H and O–H groups in total. The van der Waals surface area contributed by atoms with Gasteiger partial charge in [0.25, 0.3) is 0 Å². The molecule has 0 aromatic heterocycles. The second-order valence-electron chi connectivity index (χ2n) is 6.55. The summed E-state index contributed by atoms with van der Waals surface area (Å²) >= 11 is 3.59. The third kappa shape index (κ3) is 2.92. The molecule has 3 heteroatoms. The standard InChI is InChI=1S/C19H21BrN2/c20-16-6-3-4-13(9-16)8-15-11-17-10-14-5-1-2-7-18(14)22-19(15)12-21-17/h1-7,9,15,17,19,21-22H,8,10-12H2. The number of nitrogens with one attached hydrogen (secondary N) is 2. The Balaban J connectivity index is 1.58. The third-order valence-corrected chi connectivity index (χ3v) is 5.49. The van der Waals surface area contributed by atoms with E-state index < -0.39 is 0 Å². The molecule has 1 saturated heterocycles. The number of halogens is 1. The van der Waals surface area contributed by atoms with Gasteiger partial charge in [-0.2, -0.15) is 0 Å². The molecule has 3 aliphatic rings. The summed E-state index contributed by atoms with van der Waals surface area (Å²) in [5, 5.41) is 7.52. The van der Waals surface area contributed by atoms with Crippen molar-refractivity contribution >= 4 is 21.6 Å². The van der Waals surface area contributed by atoms with Crippen LogP contribution in [0.1, 0.15) is 17.5 Å². The second kappa shape index (κ2) is 6.05. The smallest absolute Gasteiger partial charge is 0.0418 e. The fourth-order valence-corrected chi connectivity index (χ4v) is 4.34. The molecule has 1 fully saturated rings. The van der Waals surface area contributed by atoms with Gasteiger partial charge in [0.1, 0.15) is 0 Å². The fourth-order valence-electron chi connectivity index (χ4n) is 3.89. The van der Waals surface area contributed by atoms with Gasteiger partial charge in [-0.15, -0.1) is 0 Å². The zero-order valence-electron chi connectivity index (χ0n) is 12.6. The molecule has 2 aromatic rings. The van der Waals surface area contributed by atoms with Gasteiger partial charge in [0.05, 0.1) is 0 Å². The van der Waals surface area contributed by atoms with Crippen molar-refractivity contribution in [3.8, 4) is 0 Å². The van der Waals surface area contributed by atoms with E-state index in [0.717, 1.165) is 19.4 Å². The van der Waals surface area contributed by atoms with Crippen molar-refractivity contribution in [1.29, 1.82) is 0 Å². The Hall–Kier alpha value is -1.32. The monoisotopic (exact) mass is 356 g/mol. The van der Waals surface area contributed by atoms with Crippen LogP contribution in [0.25, 0.3) is 0 Å². The maximum absolute atomic E-state index is 3.80. The molecule has 0 saturated carbocycles. The number of hydrogen-bond acceptors (Lipinski definition) is 2. The first-order chi connectivity index (χ1) is 10.8. The predicted octanol–water partition coefficient (Wildman–Crippen LogP) is 4.01. The van der Waals surface area contributed by atoms with Gasteiger partial charge in [0.15, 0.2) is 0 Å². The van der Waals surface area contributed by atoms with Crippen LogP contribution >= 0.6 is 15.9 Å². The van der Waals surface area contributed by atoms with Crippen molar-refractivity contribution in [2.24, 2.45) is 5.92 Å². The molecule has 5 rings (SSSR count). The highest BCUT2D eigenvalue weighted by Crippen LogP contribution is 2.31. The number of benzene rings is 2. The number of piperidine rings is 1. The molecular formula is C19H21BrN2. The topological polar surface area (TPSA) is 24.1 Å². The van der Waals surface area contributed by atoms with E-state index in [-0.39, 0.29) is 0 Å². The molecule has 3 unspecified atom stereocenters.